The SMILES string of the molecule is C[Si](C)(O[Si])[Si]([Si](C)(C)O[Si])([Si](C)(C)O[Si])[Si](C)(C)O[Si]. The van der Waals surface area contributed by atoms with Gasteiger partial charge in [0.1, 0.15) is 0 Å². The summed E-state index contributed by atoms with van der Waals surface area (Å²) < 4.78 is 23.9. The molecular weight excluding hydrogens is 413 g/mol. The van der Waals surface area contributed by atoms with Crippen molar-refractivity contribution in [3.8, 4) is 0 Å². The summed E-state index contributed by atoms with van der Waals surface area (Å²) in [5.74, 6) is 0. The fraction of sp³-hybridized carbons (Fsp3) is 1.00. The molecule has 0 aromatic rings. The average molecular weight is 437 g/mol. The molecule has 13 heteroatoms. The summed E-state index contributed by atoms with van der Waals surface area (Å²) in [5.41, 5.74) is 0. The van der Waals surface area contributed by atoms with Gasteiger partial charge in [0.15, 0.2) is 37.5 Å². The largest absolute Gasteiger partial charge is 0.459 e. The molecule has 0 heterocycles. The second kappa shape index (κ2) is 7.35. The highest BCUT2D eigenvalue weighted by atomic mass is 30.2. The van der Waals surface area contributed by atoms with Gasteiger partial charge in [-0.3, -0.25) is 0 Å². The first-order valence-corrected chi connectivity index (χ1v) is 25.9. The molecule has 21 heavy (non-hydrogen) atoms. The molecule has 0 saturated heterocycles. The van der Waals surface area contributed by atoms with Crippen LogP contribution in [0.4, 0.5) is 0 Å². The molecule has 0 unspecified atom stereocenters. The minimum Gasteiger partial charge on any atom is -0.459 e. The summed E-state index contributed by atoms with van der Waals surface area (Å²) in [7, 11) is 4.87. The van der Waals surface area contributed by atoms with Gasteiger partial charge >= 0.3 is 0 Å². The van der Waals surface area contributed by atoms with Gasteiger partial charge in [0.25, 0.3) is 0 Å². The van der Waals surface area contributed by atoms with Gasteiger partial charge < -0.3 is 16.5 Å². The van der Waals surface area contributed by atoms with Crippen molar-refractivity contribution in [2.24, 2.45) is 0 Å². The maximum atomic E-state index is 5.97. The van der Waals surface area contributed by atoms with Crippen molar-refractivity contribution in [2.45, 2.75) is 52.4 Å². The second-order valence-corrected chi connectivity index (χ2v) is 56.5. The third-order valence-corrected chi connectivity index (χ3v) is 110. The Bertz CT molecular complexity index is 290. The molecule has 0 aromatic heterocycles. The van der Waals surface area contributed by atoms with Crippen LogP contribution in [0.2, 0.25) is 52.4 Å². The van der Waals surface area contributed by atoms with Crippen LogP contribution in [0.5, 0.6) is 0 Å². The second-order valence-electron chi connectivity index (χ2n) is 7.20. The van der Waals surface area contributed by atoms with Crippen molar-refractivity contribution >= 4 is 79.4 Å². The maximum absolute atomic E-state index is 5.97. The first-order valence-electron chi connectivity index (χ1n) is 6.63. The van der Waals surface area contributed by atoms with E-state index in [-0.39, 0.29) is 0 Å². The zero-order valence-electron chi connectivity index (χ0n) is 14.1. The van der Waals surface area contributed by atoms with E-state index in [4.69, 9.17) is 16.5 Å². The lowest BCUT2D eigenvalue weighted by Gasteiger charge is -2.62. The lowest BCUT2D eigenvalue weighted by molar-refractivity contribution is 0.601. The Morgan fingerprint density at radius 3 is 0.667 bits per heavy atom. The predicted molar refractivity (Wildman–Crippen MR) is 103 cm³/mol. The highest BCUT2D eigenvalue weighted by Gasteiger charge is 2.77. The Morgan fingerprint density at radius 1 is 0.429 bits per heavy atom. The van der Waals surface area contributed by atoms with Gasteiger partial charge in [-0.05, 0) is 52.4 Å². The van der Waals surface area contributed by atoms with Gasteiger partial charge in [0.05, 0.1) is 0 Å². The smallest absolute Gasteiger partial charge is 0.229 e. The van der Waals surface area contributed by atoms with E-state index >= 15 is 0 Å². The van der Waals surface area contributed by atoms with E-state index in [1.165, 1.54) is 0 Å². The molecule has 0 saturated carbocycles. The molecule has 0 aromatic carbocycles. The molecule has 0 rings (SSSR count). The van der Waals surface area contributed by atoms with Crippen molar-refractivity contribution in [1.82, 2.24) is 0 Å². The van der Waals surface area contributed by atoms with E-state index in [1.54, 1.807) is 0 Å². The van der Waals surface area contributed by atoms with Crippen molar-refractivity contribution < 1.29 is 16.5 Å². The summed E-state index contributed by atoms with van der Waals surface area (Å²) >= 11 is 0. The van der Waals surface area contributed by atoms with Crippen LogP contribution in [0.25, 0.3) is 0 Å². The molecule has 12 radical (unpaired) electrons. The summed E-state index contributed by atoms with van der Waals surface area (Å²) in [6.45, 7) is 18.0. The highest BCUT2D eigenvalue weighted by Crippen LogP contribution is 2.43. The van der Waals surface area contributed by atoms with Crippen LogP contribution in [0, 0.1) is 0 Å². The third-order valence-electron chi connectivity index (χ3n) is 4.63. The minimum absolute atomic E-state index is 2.16. The van der Waals surface area contributed by atoms with Crippen LogP contribution < -0.4 is 0 Å². The van der Waals surface area contributed by atoms with Gasteiger partial charge in [-0.15, -0.1) is 0 Å². The molecule has 0 atom stereocenters. The maximum Gasteiger partial charge on any atom is 0.229 e. The van der Waals surface area contributed by atoms with Gasteiger partial charge in [-0.25, -0.2) is 0 Å². The van der Waals surface area contributed by atoms with Crippen molar-refractivity contribution in [1.29, 1.82) is 0 Å². The van der Waals surface area contributed by atoms with Crippen LogP contribution in [0.3, 0.4) is 0 Å². The Balaban J connectivity index is 6.85. The van der Waals surface area contributed by atoms with Crippen molar-refractivity contribution in [3.63, 3.8) is 0 Å². The Kier molecular flexibility index (Phi) is 7.98. The zero-order chi connectivity index (χ0) is 17.3. The van der Waals surface area contributed by atoms with E-state index in [0.717, 1.165) is 0 Å². The Labute approximate surface area is 147 Å². The lowest BCUT2D eigenvalue weighted by Crippen LogP contribution is -2.96. The highest BCUT2D eigenvalue weighted by molar-refractivity contribution is 8.04. The zero-order valence-corrected chi connectivity index (χ0v) is 23.1. The third kappa shape index (κ3) is 3.44. The predicted octanol–water partition coefficient (Wildman–Crippen LogP) is 0.970. The van der Waals surface area contributed by atoms with E-state index in [0.29, 0.717) is 0 Å². The molecule has 116 valence electrons. The normalized spacial score (nSPS) is 15.4. The molecule has 4 nitrogen and oxygen atoms in total. The fourth-order valence-corrected chi connectivity index (χ4v) is 142. The van der Waals surface area contributed by atoms with Crippen molar-refractivity contribution in [3.05, 3.63) is 0 Å². The molecular formula is C8H24O4Si9. The minimum atomic E-state index is -2.23. The van der Waals surface area contributed by atoms with Gasteiger partial charge in [0, 0.05) is 0 Å². The van der Waals surface area contributed by atoms with Crippen LogP contribution in [-0.4, -0.2) is 79.4 Å². The van der Waals surface area contributed by atoms with Gasteiger partial charge in [0.2, 0.25) is 41.9 Å². The lowest BCUT2D eigenvalue weighted by atomic mass is 11.9. The monoisotopic (exact) mass is 436 g/mol. The van der Waals surface area contributed by atoms with Gasteiger partial charge in [-0.2, -0.15) is 0 Å². The molecule has 0 aliphatic heterocycles. The molecule has 0 bridgehead atoms. The van der Waals surface area contributed by atoms with Crippen LogP contribution >= 0.6 is 0 Å². The Morgan fingerprint density at radius 2 is 0.571 bits per heavy atom. The molecule has 0 aliphatic rings. The molecule has 0 N–H and O–H groups in total. The fourth-order valence-electron chi connectivity index (χ4n) is 4.66. The van der Waals surface area contributed by atoms with Crippen LogP contribution in [0.15, 0.2) is 0 Å². The van der Waals surface area contributed by atoms with Gasteiger partial charge in [-0.1, -0.05) is 0 Å². The standard InChI is InChI=1S/C8H24O4Si9/c1-17(2,9-13)21(18(3,4)10-14,19(5,6)11-15)20(7,8)12-16/h1-8H3. The van der Waals surface area contributed by atoms with E-state index in [1.807, 2.05) is 0 Å². The van der Waals surface area contributed by atoms with Crippen LogP contribution in [0.1, 0.15) is 0 Å². The summed E-state index contributed by atoms with van der Waals surface area (Å²) in [6.07, 6.45) is -2.23. The van der Waals surface area contributed by atoms with E-state index in [9.17, 15) is 0 Å². The molecule has 0 spiro atoms. The number of hydrogen-bond acceptors (Lipinski definition) is 4. The van der Waals surface area contributed by atoms with E-state index in [2.05, 4.69) is 94.3 Å². The summed E-state index contributed by atoms with van der Waals surface area (Å²) in [6, 6.07) is 0. The first kappa shape index (κ1) is 22.8. The summed E-state index contributed by atoms with van der Waals surface area (Å²) in [5, 5.41) is 0. The number of rotatable bonds is 8. The number of hydrogen-bond donors (Lipinski definition) is 0. The van der Waals surface area contributed by atoms with E-state index < -0.39 is 37.5 Å². The van der Waals surface area contributed by atoms with Crippen molar-refractivity contribution in [2.75, 3.05) is 0 Å². The summed E-state index contributed by atoms with van der Waals surface area (Å²) in [4.78, 5) is 0. The quantitative estimate of drug-likeness (QED) is 0.531. The Hall–Kier alpha value is 1.79. The average Bonchev–Trinajstić information content (AvgIpc) is 2.37. The first-order chi connectivity index (χ1) is 9.24. The van der Waals surface area contributed by atoms with Crippen LogP contribution in [-0.2, 0) is 16.5 Å². The topological polar surface area (TPSA) is 36.9 Å². The molecule has 0 fully saturated rings. The molecule has 0 aliphatic carbocycles. The molecule has 0 amide bonds.